The van der Waals surface area contributed by atoms with E-state index in [9.17, 15) is 9.59 Å². The molecule has 0 fully saturated rings. The number of allylic oxidation sites excluding steroid dienone is 16. The van der Waals surface area contributed by atoms with Crippen LogP contribution in [0.25, 0.3) is 88.7 Å². The van der Waals surface area contributed by atoms with Gasteiger partial charge < -0.3 is 35.5 Å². The second-order valence-corrected chi connectivity index (χ2v) is 35.2. The topological polar surface area (TPSA) is 179 Å². The van der Waals surface area contributed by atoms with Crippen molar-refractivity contribution in [2.45, 2.75) is 245 Å². The molecular formula is C104H122ClN12O2+. The van der Waals surface area contributed by atoms with Gasteiger partial charge in [0, 0.05) is 123 Å². The van der Waals surface area contributed by atoms with E-state index in [4.69, 9.17) is 31.5 Å². The maximum Gasteiger partial charge on any atom is 0.220 e. The Labute approximate surface area is 709 Å². The van der Waals surface area contributed by atoms with Gasteiger partial charge in [0.25, 0.3) is 0 Å². The molecule has 2 amide bonds. The van der Waals surface area contributed by atoms with E-state index in [-0.39, 0.29) is 22.6 Å². The first kappa shape index (κ1) is 83.4. The number of aryl methyl sites for hydroxylation is 8. The summed E-state index contributed by atoms with van der Waals surface area (Å²) in [4.78, 5) is 66.9. The van der Waals surface area contributed by atoms with Crippen LogP contribution in [0.3, 0.4) is 0 Å². The summed E-state index contributed by atoms with van der Waals surface area (Å²) in [5.74, 6) is 0.130. The minimum Gasteiger partial charge on any atom is -0.356 e. The summed E-state index contributed by atoms with van der Waals surface area (Å²) >= 11 is 7.60. The van der Waals surface area contributed by atoms with Crippen LogP contribution in [-0.2, 0) is 46.1 Å². The van der Waals surface area contributed by atoms with Crippen molar-refractivity contribution in [3.8, 4) is 0 Å². The molecule has 15 rings (SSSR count). The van der Waals surface area contributed by atoms with E-state index in [0.29, 0.717) is 38.8 Å². The minimum atomic E-state index is -0.266. The van der Waals surface area contributed by atoms with Crippen molar-refractivity contribution < 1.29 is 14.2 Å². The average Bonchev–Trinajstić information content (AvgIpc) is 1.60. The molecule has 14 nitrogen and oxygen atoms in total. The molecule has 0 spiro atoms. The summed E-state index contributed by atoms with van der Waals surface area (Å²) in [6, 6.07) is 35.4. The van der Waals surface area contributed by atoms with Gasteiger partial charge in [-0.25, -0.2) is 19.9 Å². The number of fused-ring (bicyclic) bond motifs is 18. The van der Waals surface area contributed by atoms with Crippen LogP contribution in [0.4, 0.5) is 11.4 Å². The number of rotatable bonds is 25. The van der Waals surface area contributed by atoms with Crippen LogP contribution in [-0.4, -0.2) is 88.2 Å². The third-order valence-corrected chi connectivity index (χ3v) is 27.6. The van der Waals surface area contributed by atoms with Gasteiger partial charge in [-0.15, -0.1) is 0 Å². The molecule has 0 radical (unpaired) electrons. The smallest absolute Gasteiger partial charge is 0.220 e. The van der Waals surface area contributed by atoms with Crippen molar-refractivity contribution in [1.82, 2.24) is 50.5 Å². The van der Waals surface area contributed by atoms with Crippen molar-refractivity contribution in [2.24, 2.45) is 0 Å². The molecule has 1 aliphatic carbocycles. The van der Waals surface area contributed by atoms with Gasteiger partial charge in [0.2, 0.25) is 17.5 Å². The van der Waals surface area contributed by atoms with Gasteiger partial charge in [0.1, 0.15) is 0 Å². The minimum absolute atomic E-state index is 0.0650. The van der Waals surface area contributed by atoms with Crippen LogP contribution in [0.5, 0.6) is 0 Å². The number of halogens is 1. The van der Waals surface area contributed by atoms with E-state index in [0.717, 1.165) is 214 Å². The maximum absolute atomic E-state index is 13.9. The lowest BCUT2D eigenvalue weighted by Gasteiger charge is -2.27. The van der Waals surface area contributed by atoms with Crippen LogP contribution in [0.2, 0.25) is 0 Å². The Hall–Kier alpha value is -10.7. The van der Waals surface area contributed by atoms with Crippen LogP contribution in [0.1, 0.15) is 282 Å². The summed E-state index contributed by atoms with van der Waals surface area (Å²) in [7, 11) is 0. The van der Waals surface area contributed by atoms with Gasteiger partial charge in [0.15, 0.2) is 12.3 Å². The van der Waals surface area contributed by atoms with E-state index in [1.165, 1.54) is 112 Å². The van der Waals surface area contributed by atoms with Crippen molar-refractivity contribution in [2.75, 3.05) is 31.1 Å². The monoisotopic (exact) mass is 1610 g/mol. The number of amides is 2. The number of carbonyl (C=O) groups excluding carboxylic acids is 2. The van der Waals surface area contributed by atoms with Gasteiger partial charge in [-0.3, -0.25) is 9.59 Å². The Morgan fingerprint density at radius 2 is 0.866 bits per heavy atom. The Bertz CT molecular complexity index is 6150. The highest BCUT2D eigenvalue weighted by molar-refractivity contribution is 6.32. The molecule has 12 heterocycles. The van der Waals surface area contributed by atoms with Crippen LogP contribution >= 0.6 is 11.6 Å². The van der Waals surface area contributed by atoms with Crippen molar-refractivity contribution >= 4 is 129 Å². The van der Waals surface area contributed by atoms with E-state index in [2.05, 4.69) is 286 Å². The molecule has 0 saturated heterocycles. The lowest BCUT2D eigenvalue weighted by Crippen LogP contribution is -2.30. The van der Waals surface area contributed by atoms with E-state index in [1.807, 2.05) is 0 Å². The zero-order valence-electron chi connectivity index (χ0n) is 73.8. The highest BCUT2D eigenvalue weighted by Gasteiger charge is 2.44. The molecule has 16 bridgehead atoms. The third kappa shape index (κ3) is 15.9. The Kier molecular flexibility index (Phi) is 24.2. The van der Waals surface area contributed by atoms with E-state index >= 15 is 0 Å². The van der Waals surface area contributed by atoms with Crippen LogP contribution in [0, 0.1) is 27.7 Å². The summed E-state index contributed by atoms with van der Waals surface area (Å²) in [6.45, 7) is 42.9. The number of hydrogen-bond donors (Lipinski definition) is 6. The molecular weight excluding hydrogens is 1480 g/mol. The fraction of sp³-hybridized carbons (Fsp3) is 0.394. The molecule has 119 heavy (non-hydrogen) atoms. The number of nitrogens with one attached hydrogen (secondary N) is 6. The number of H-pyrrole nitrogens is 4. The summed E-state index contributed by atoms with van der Waals surface area (Å²) in [6.07, 6.45) is 22.5. The van der Waals surface area contributed by atoms with Gasteiger partial charge in [-0.05, 0) is 326 Å². The Morgan fingerprint density at radius 3 is 1.33 bits per heavy atom. The summed E-state index contributed by atoms with van der Waals surface area (Å²) < 4.78 is 2.46. The average molecular weight is 1610 g/mol. The molecule has 0 unspecified atom stereocenters. The zero-order valence-corrected chi connectivity index (χ0v) is 74.5. The molecule has 8 aromatic rings. The normalized spacial score (nSPS) is 16.5. The summed E-state index contributed by atoms with van der Waals surface area (Å²) in [5, 5.41) is 7.47. The van der Waals surface area contributed by atoms with Gasteiger partial charge in [0.05, 0.1) is 51.0 Å². The highest BCUT2D eigenvalue weighted by Crippen LogP contribution is 2.49. The van der Waals surface area contributed by atoms with Gasteiger partial charge >= 0.3 is 0 Å². The second kappa shape index (κ2) is 34.6. The van der Waals surface area contributed by atoms with Crippen molar-refractivity contribution in [1.29, 1.82) is 0 Å². The molecule has 15 heteroatoms. The first-order valence-corrected chi connectivity index (χ1v) is 44.6. The predicted molar refractivity (Wildman–Crippen MR) is 500 cm³/mol. The number of nitrogens with zero attached hydrogens (tertiary/aromatic N) is 6. The number of para-hydroxylation sites is 2. The molecule has 6 N–H and O–H groups in total. The van der Waals surface area contributed by atoms with E-state index in [1.54, 1.807) is 0 Å². The van der Waals surface area contributed by atoms with Crippen molar-refractivity contribution in [3.05, 3.63) is 244 Å². The predicted octanol–water partition coefficient (Wildman–Crippen LogP) is 24.9. The molecule has 6 aromatic heterocycles. The Balaban J connectivity index is 0.602. The number of aromatic nitrogens is 8. The maximum atomic E-state index is 13.9. The van der Waals surface area contributed by atoms with E-state index < -0.39 is 0 Å². The summed E-state index contributed by atoms with van der Waals surface area (Å²) in [5.41, 5.74) is 45.4. The fourth-order valence-corrected chi connectivity index (χ4v) is 20.4. The zero-order chi connectivity index (χ0) is 84.0. The quantitative estimate of drug-likeness (QED) is 0.0243. The van der Waals surface area contributed by atoms with Crippen molar-refractivity contribution in [3.63, 3.8) is 0 Å². The molecule has 6 aliphatic heterocycles. The SMILES string of the molecule is CCC1=C(C)c2cc3[nH]c(cc4nc(cc5[nH]c(cc1n2)c(C)c5CC)C(CCCC(=O)NCCCN1/C(=C/C=C2\CCCC(/C=C/C5=[N+](CCCNC(=O)CCCC6=C(C)c7cc8[nH]c(cc9nc(cc%10[nH]c(cc6n7)c(CC)c%10C)C(CC)=C9C)c(CC)c8C)c6ccccc6C5(C)C)=C2Cl)C(C)(C)c2ccccc21)=C4C)c(C)c3CC. The van der Waals surface area contributed by atoms with Crippen LogP contribution < -0.4 is 15.5 Å². The lowest BCUT2D eigenvalue weighted by molar-refractivity contribution is -0.437. The largest absolute Gasteiger partial charge is 0.356 e. The lowest BCUT2D eigenvalue weighted by atomic mass is 9.81. The number of hydrogen-bond acceptors (Lipinski definition) is 7. The number of benzene rings is 2. The molecule has 0 atom stereocenters. The second-order valence-electron chi connectivity index (χ2n) is 34.8. The third-order valence-electron chi connectivity index (χ3n) is 27.1. The number of anilines is 1. The highest BCUT2D eigenvalue weighted by atomic mass is 35.5. The number of aromatic amines is 4. The van der Waals surface area contributed by atoms with Gasteiger partial charge in [-0.1, -0.05) is 116 Å². The Morgan fingerprint density at radius 1 is 0.462 bits per heavy atom. The van der Waals surface area contributed by atoms with Gasteiger partial charge in [-0.2, -0.15) is 4.58 Å². The van der Waals surface area contributed by atoms with Crippen LogP contribution in [0.15, 0.2) is 143 Å². The molecule has 616 valence electrons. The first-order chi connectivity index (χ1) is 57.3. The fourth-order valence-electron chi connectivity index (χ4n) is 20.1. The number of carbonyl (C=O) groups is 2. The first-order valence-electron chi connectivity index (χ1n) is 44.2. The molecule has 0 saturated carbocycles. The molecule has 2 aromatic carbocycles. The molecule has 7 aliphatic rings. The standard InChI is InChI=1S/C104H121ClN12O2/c1-19-70-60(7)80-52-82-66(13)76(94(114-82)58-92-74(23-5)64(11)86(112-92)56-90-72(21-3)62(9)84(110-90)54-88(70)108-80)36-30-42-100(118)106-48-32-50-116-96-40-27-25-38-78(96)103(15,16)98(116)46-44-68-34-29-35-69(102(68)105)45-47-99-104(17,18)79-39-26-28-41-97(79)117(99)51-33-49-107-101(119)43-31-37-77-67(14)83-53-81-61(8)71(20-2)89(109-81)55-85-63(10)73(22-4)91(111-85)57-87-65(12)75(24-6)93(113-87)59-95(77)115-83/h25-28,38-41,44-47,52-59H,19-24,29-37,42-43,48-51H2,1-18H3,(H5-,106,107,108,109,110,111,112,113,114,115,118,119)/p+1.